The molecule has 1 saturated heterocycles. The monoisotopic (exact) mass is 324 g/mol. The summed E-state index contributed by atoms with van der Waals surface area (Å²) in [6.45, 7) is 0.870. The molecule has 118 valence electrons. The van der Waals surface area contributed by atoms with E-state index in [0.29, 0.717) is 22.9 Å². The number of nitrogens with one attached hydrogen (secondary N) is 1. The summed E-state index contributed by atoms with van der Waals surface area (Å²) >= 11 is 6.03. The maximum absolute atomic E-state index is 9.18. The van der Waals surface area contributed by atoms with Crippen molar-refractivity contribution in [2.75, 3.05) is 18.5 Å². The third-order valence-corrected chi connectivity index (χ3v) is 4.28. The largest absolute Gasteiger partial charge is 0.394 e. The molecule has 0 radical (unpaired) electrons. The molecular formula is C13H17ClN6O2. The number of aromatic nitrogens is 5. The predicted octanol–water partition coefficient (Wildman–Crippen LogP) is 1.37. The van der Waals surface area contributed by atoms with Gasteiger partial charge < -0.3 is 15.2 Å². The lowest BCUT2D eigenvalue weighted by Crippen LogP contribution is -2.15. The fourth-order valence-electron chi connectivity index (χ4n) is 2.68. The van der Waals surface area contributed by atoms with Crippen LogP contribution in [0.4, 0.5) is 5.82 Å². The number of aliphatic hydroxyl groups is 1. The second kappa shape index (κ2) is 5.60. The normalized spacial score (nSPS) is 25.0. The van der Waals surface area contributed by atoms with Crippen LogP contribution in [0, 0.1) is 5.92 Å². The van der Waals surface area contributed by atoms with E-state index in [1.165, 1.54) is 12.8 Å². The van der Waals surface area contributed by atoms with E-state index in [2.05, 4.69) is 25.6 Å². The number of ether oxygens (including phenoxy) is 1. The van der Waals surface area contributed by atoms with Crippen molar-refractivity contribution >= 4 is 28.6 Å². The maximum Gasteiger partial charge on any atom is 0.226 e. The summed E-state index contributed by atoms with van der Waals surface area (Å²) in [5.41, 5.74) is 1.16. The van der Waals surface area contributed by atoms with Crippen LogP contribution in [0.25, 0.3) is 11.2 Å². The van der Waals surface area contributed by atoms with Crippen molar-refractivity contribution in [1.82, 2.24) is 25.0 Å². The summed E-state index contributed by atoms with van der Waals surface area (Å²) in [7, 11) is 0. The molecule has 2 aliphatic rings. The average Bonchev–Trinajstić information content (AvgIpc) is 3.05. The number of aliphatic hydroxyl groups excluding tert-OH is 1. The van der Waals surface area contributed by atoms with Gasteiger partial charge in [-0.2, -0.15) is 14.6 Å². The number of hydrogen-bond donors (Lipinski definition) is 2. The molecule has 0 aromatic carbocycles. The van der Waals surface area contributed by atoms with Crippen molar-refractivity contribution in [3.63, 3.8) is 0 Å². The Morgan fingerprint density at radius 2 is 2.14 bits per heavy atom. The van der Waals surface area contributed by atoms with Crippen LogP contribution in [0.5, 0.6) is 0 Å². The molecule has 8 nitrogen and oxygen atoms in total. The van der Waals surface area contributed by atoms with Gasteiger partial charge in [-0.05, 0) is 43.2 Å². The van der Waals surface area contributed by atoms with E-state index in [-0.39, 0.29) is 24.2 Å². The predicted molar refractivity (Wildman–Crippen MR) is 79.6 cm³/mol. The van der Waals surface area contributed by atoms with Gasteiger partial charge in [-0.1, -0.05) is 5.21 Å². The minimum absolute atomic E-state index is 0.00701. The number of halogens is 1. The third-order valence-electron chi connectivity index (χ3n) is 4.11. The summed E-state index contributed by atoms with van der Waals surface area (Å²) in [6, 6.07) is 0. The summed E-state index contributed by atoms with van der Waals surface area (Å²) in [6.07, 6.45) is 3.61. The van der Waals surface area contributed by atoms with Gasteiger partial charge in [0, 0.05) is 6.54 Å². The van der Waals surface area contributed by atoms with Gasteiger partial charge >= 0.3 is 0 Å². The van der Waals surface area contributed by atoms with Gasteiger partial charge in [-0.25, -0.2) is 0 Å². The molecule has 3 heterocycles. The lowest BCUT2D eigenvalue weighted by atomic mass is 10.2. The Morgan fingerprint density at radius 3 is 2.86 bits per heavy atom. The zero-order valence-electron chi connectivity index (χ0n) is 11.9. The first-order valence-electron chi connectivity index (χ1n) is 7.53. The molecule has 2 N–H and O–H groups in total. The van der Waals surface area contributed by atoms with Crippen molar-refractivity contribution in [3.05, 3.63) is 5.28 Å². The van der Waals surface area contributed by atoms with E-state index in [9.17, 15) is 5.11 Å². The molecule has 1 aliphatic carbocycles. The van der Waals surface area contributed by atoms with Crippen LogP contribution in [0.1, 0.15) is 31.9 Å². The topological polar surface area (TPSA) is 98.0 Å². The lowest BCUT2D eigenvalue weighted by Gasteiger charge is -2.12. The van der Waals surface area contributed by atoms with Gasteiger partial charge in [-0.15, -0.1) is 5.10 Å². The Morgan fingerprint density at radius 1 is 1.27 bits per heavy atom. The molecule has 9 heteroatoms. The average molecular weight is 325 g/mol. The number of nitrogens with zero attached hydrogens (tertiary/aromatic N) is 5. The van der Waals surface area contributed by atoms with Crippen LogP contribution < -0.4 is 5.32 Å². The molecule has 1 saturated carbocycles. The molecule has 1 aliphatic heterocycles. The van der Waals surface area contributed by atoms with Crippen LogP contribution in [0.2, 0.25) is 5.28 Å². The van der Waals surface area contributed by atoms with E-state index >= 15 is 0 Å². The van der Waals surface area contributed by atoms with Crippen LogP contribution in [0.15, 0.2) is 0 Å². The highest BCUT2D eigenvalue weighted by atomic mass is 35.5. The molecule has 22 heavy (non-hydrogen) atoms. The Labute approximate surface area is 131 Å². The van der Waals surface area contributed by atoms with E-state index in [1.807, 2.05) is 0 Å². The molecule has 2 aromatic heterocycles. The summed E-state index contributed by atoms with van der Waals surface area (Å²) in [4.78, 5) is 8.46. The highest BCUT2D eigenvalue weighted by Gasteiger charge is 2.29. The molecule has 0 spiro atoms. The van der Waals surface area contributed by atoms with Crippen molar-refractivity contribution in [2.45, 2.75) is 38.0 Å². The first-order chi connectivity index (χ1) is 10.7. The lowest BCUT2D eigenvalue weighted by molar-refractivity contribution is -0.0271. The van der Waals surface area contributed by atoms with E-state index in [4.69, 9.17) is 16.3 Å². The van der Waals surface area contributed by atoms with E-state index in [0.717, 1.165) is 19.4 Å². The maximum atomic E-state index is 9.18. The summed E-state index contributed by atoms with van der Waals surface area (Å²) in [5.74, 6) is 1.33. The molecule has 0 amide bonds. The fraction of sp³-hybridized carbons (Fsp3) is 0.692. The zero-order valence-corrected chi connectivity index (χ0v) is 12.7. The van der Waals surface area contributed by atoms with Gasteiger partial charge in [0.2, 0.25) is 5.28 Å². The molecule has 2 fully saturated rings. The highest BCUT2D eigenvalue weighted by molar-refractivity contribution is 6.28. The number of anilines is 1. The highest BCUT2D eigenvalue weighted by Crippen LogP contribution is 2.32. The summed E-state index contributed by atoms with van der Waals surface area (Å²) in [5, 5.41) is 21.0. The van der Waals surface area contributed by atoms with Gasteiger partial charge in [0.1, 0.15) is 0 Å². The SMILES string of the molecule is OC[C@@H]1CC[C@H](n2nnc3c(NCC4CC4)nc(Cl)nc32)O1. The molecule has 2 aromatic rings. The minimum atomic E-state index is -0.274. The van der Waals surface area contributed by atoms with Crippen LogP contribution in [-0.2, 0) is 4.74 Å². The Kier molecular flexibility index (Phi) is 3.59. The Bertz CT molecular complexity index is 688. The van der Waals surface area contributed by atoms with Crippen molar-refractivity contribution in [3.8, 4) is 0 Å². The van der Waals surface area contributed by atoms with Crippen LogP contribution >= 0.6 is 11.6 Å². The van der Waals surface area contributed by atoms with E-state index in [1.54, 1.807) is 4.68 Å². The van der Waals surface area contributed by atoms with Crippen LogP contribution in [-0.4, -0.2) is 49.3 Å². The standard InChI is InChI=1S/C13H17ClN6O2/c14-13-16-11(15-5-7-1-2-7)10-12(17-13)20(19-18-10)9-4-3-8(6-21)22-9/h7-9,21H,1-6H2,(H,15,16,17)/t8-,9+/m0/s1. The third kappa shape index (κ3) is 2.62. The number of rotatable bonds is 5. The molecule has 0 bridgehead atoms. The quantitative estimate of drug-likeness (QED) is 0.801. The zero-order chi connectivity index (χ0) is 15.1. The number of fused-ring (bicyclic) bond motifs is 1. The fourth-order valence-corrected chi connectivity index (χ4v) is 2.85. The molecule has 2 atom stereocenters. The van der Waals surface area contributed by atoms with Gasteiger partial charge in [0.05, 0.1) is 12.7 Å². The van der Waals surface area contributed by atoms with Gasteiger partial charge in [0.25, 0.3) is 0 Å². The Hall–Kier alpha value is -1.51. The minimum Gasteiger partial charge on any atom is -0.394 e. The second-order valence-electron chi connectivity index (χ2n) is 5.84. The smallest absolute Gasteiger partial charge is 0.226 e. The van der Waals surface area contributed by atoms with Crippen molar-refractivity contribution < 1.29 is 9.84 Å². The molecule has 0 unspecified atom stereocenters. The number of hydrogen-bond acceptors (Lipinski definition) is 7. The van der Waals surface area contributed by atoms with Gasteiger partial charge in [0.15, 0.2) is 23.2 Å². The van der Waals surface area contributed by atoms with Crippen molar-refractivity contribution in [2.24, 2.45) is 5.92 Å². The first kappa shape index (κ1) is 14.1. The van der Waals surface area contributed by atoms with E-state index < -0.39 is 0 Å². The van der Waals surface area contributed by atoms with Crippen molar-refractivity contribution in [1.29, 1.82) is 0 Å². The van der Waals surface area contributed by atoms with Gasteiger partial charge in [-0.3, -0.25) is 0 Å². The molecule has 4 rings (SSSR count). The summed E-state index contributed by atoms with van der Waals surface area (Å²) < 4.78 is 7.36. The van der Waals surface area contributed by atoms with Crippen LogP contribution in [0.3, 0.4) is 0 Å². The second-order valence-corrected chi connectivity index (χ2v) is 6.18. The Balaban J connectivity index is 1.65. The molecular weight excluding hydrogens is 308 g/mol. The first-order valence-corrected chi connectivity index (χ1v) is 7.91.